The lowest BCUT2D eigenvalue weighted by atomic mass is 10.1. The molecule has 1 N–H and O–H groups in total. The van der Waals surface area contributed by atoms with E-state index in [9.17, 15) is 9.59 Å². The quantitative estimate of drug-likeness (QED) is 0.906. The second-order valence-corrected chi connectivity index (χ2v) is 7.07. The minimum absolute atomic E-state index is 0.0599. The third-order valence-corrected chi connectivity index (χ3v) is 4.79. The maximum atomic E-state index is 12.3. The van der Waals surface area contributed by atoms with E-state index < -0.39 is 0 Å². The third kappa shape index (κ3) is 3.61. The number of pyridine rings is 1. The van der Waals surface area contributed by atoms with E-state index >= 15 is 0 Å². The van der Waals surface area contributed by atoms with Crippen LogP contribution in [-0.4, -0.2) is 44.5 Å². The van der Waals surface area contributed by atoms with Crippen LogP contribution in [0.2, 0.25) is 5.02 Å². The van der Waals surface area contributed by atoms with Gasteiger partial charge >= 0.3 is 0 Å². The third-order valence-electron chi connectivity index (χ3n) is 4.52. The Morgan fingerprint density at radius 1 is 1.36 bits per heavy atom. The van der Waals surface area contributed by atoms with Gasteiger partial charge in [-0.15, -0.1) is 0 Å². The molecule has 1 amide bonds. The Morgan fingerprint density at radius 2 is 2.04 bits per heavy atom. The standard InChI is InChI=1S/C17H22ClN5O2/c1-10(2)23-15-12(8-14(18)16(23)25)9-19-17(21-15)20-13-4-6-22(7-5-13)11(3)24/h8-10,13H,4-7H2,1-3H3,(H,19,20,21). The molecule has 1 aliphatic rings. The van der Waals surface area contributed by atoms with Gasteiger partial charge in [-0.05, 0) is 32.8 Å². The van der Waals surface area contributed by atoms with Gasteiger partial charge in [0, 0.05) is 43.7 Å². The molecule has 1 aliphatic heterocycles. The molecule has 0 unspecified atom stereocenters. The van der Waals surface area contributed by atoms with Crippen LogP contribution < -0.4 is 10.9 Å². The minimum Gasteiger partial charge on any atom is -0.351 e. The van der Waals surface area contributed by atoms with Crippen LogP contribution >= 0.6 is 11.6 Å². The molecular formula is C17H22ClN5O2. The predicted molar refractivity (Wildman–Crippen MR) is 98.1 cm³/mol. The van der Waals surface area contributed by atoms with Gasteiger partial charge in [0.2, 0.25) is 11.9 Å². The van der Waals surface area contributed by atoms with Crippen LogP contribution in [0.15, 0.2) is 17.1 Å². The van der Waals surface area contributed by atoms with Gasteiger partial charge in [-0.1, -0.05) is 11.6 Å². The highest BCUT2D eigenvalue weighted by Crippen LogP contribution is 2.20. The number of amides is 1. The van der Waals surface area contributed by atoms with Crippen molar-refractivity contribution >= 4 is 34.5 Å². The van der Waals surface area contributed by atoms with Crippen molar-refractivity contribution < 1.29 is 4.79 Å². The van der Waals surface area contributed by atoms with E-state index in [-0.39, 0.29) is 28.6 Å². The van der Waals surface area contributed by atoms with E-state index in [2.05, 4.69) is 15.3 Å². The highest BCUT2D eigenvalue weighted by molar-refractivity contribution is 6.31. The molecule has 3 rings (SSSR count). The lowest BCUT2D eigenvalue weighted by Crippen LogP contribution is -2.41. The zero-order chi connectivity index (χ0) is 18.1. The van der Waals surface area contributed by atoms with E-state index in [1.807, 2.05) is 18.7 Å². The molecule has 2 aromatic rings. The normalized spacial score (nSPS) is 15.8. The Labute approximate surface area is 151 Å². The zero-order valence-electron chi connectivity index (χ0n) is 14.6. The van der Waals surface area contributed by atoms with Crippen LogP contribution in [0.25, 0.3) is 11.0 Å². The molecule has 0 aromatic carbocycles. The fourth-order valence-corrected chi connectivity index (χ4v) is 3.36. The van der Waals surface area contributed by atoms with Gasteiger partial charge in [0.1, 0.15) is 10.7 Å². The van der Waals surface area contributed by atoms with Gasteiger partial charge in [0.25, 0.3) is 5.56 Å². The Hall–Kier alpha value is -2.15. The van der Waals surface area contributed by atoms with Gasteiger partial charge in [-0.3, -0.25) is 14.2 Å². The van der Waals surface area contributed by atoms with Crippen LogP contribution in [0.5, 0.6) is 0 Å². The van der Waals surface area contributed by atoms with E-state index in [4.69, 9.17) is 11.6 Å². The van der Waals surface area contributed by atoms with Crippen molar-refractivity contribution in [3.8, 4) is 0 Å². The molecule has 0 saturated carbocycles. The largest absolute Gasteiger partial charge is 0.351 e. The van der Waals surface area contributed by atoms with Gasteiger partial charge < -0.3 is 10.2 Å². The van der Waals surface area contributed by atoms with Crippen LogP contribution in [0.4, 0.5) is 5.95 Å². The topological polar surface area (TPSA) is 80.1 Å². The molecule has 1 saturated heterocycles. The van der Waals surface area contributed by atoms with E-state index in [0.717, 1.165) is 31.3 Å². The number of hydrogen-bond donors (Lipinski definition) is 1. The Bertz CT molecular complexity index is 856. The molecule has 0 atom stereocenters. The van der Waals surface area contributed by atoms with Crippen molar-refractivity contribution in [1.29, 1.82) is 0 Å². The first-order chi connectivity index (χ1) is 11.9. The summed E-state index contributed by atoms with van der Waals surface area (Å²) >= 11 is 6.03. The first-order valence-electron chi connectivity index (χ1n) is 8.46. The van der Waals surface area contributed by atoms with Crippen molar-refractivity contribution in [2.24, 2.45) is 0 Å². The Morgan fingerprint density at radius 3 is 2.64 bits per heavy atom. The molecule has 7 nitrogen and oxygen atoms in total. The van der Waals surface area contributed by atoms with Crippen molar-refractivity contribution in [3.05, 3.63) is 27.6 Å². The predicted octanol–water partition coefficient (Wildman–Crippen LogP) is 2.45. The highest BCUT2D eigenvalue weighted by atomic mass is 35.5. The van der Waals surface area contributed by atoms with Crippen molar-refractivity contribution in [2.75, 3.05) is 18.4 Å². The Kier molecular flexibility index (Phi) is 4.94. The number of likely N-dealkylation sites (tertiary alicyclic amines) is 1. The first-order valence-corrected chi connectivity index (χ1v) is 8.84. The van der Waals surface area contributed by atoms with E-state index in [1.54, 1.807) is 23.8 Å². The van der Waals surface area contributed by atoms with Crippen LogP contribution in [0.1, 0.15) is 39.7 Å². The summed E-state index contributed by atoms with van der Waals surface area (Å²) < 4.78 is 1.59. The number of carbonyl (C=O) groups is 1. The molecule has 0 radical (unpaired) electrons. The molecule has 3 heterocycles. The number of carbonyl (C=O) groups excluding carboxylic acids is 1. The summed E-state index contributed by atoms with van der Waals surface area (Å²) in [5, 5.41) is 4.22. The van der Waals surface area contributed by atoms with Crippen molar-refractivity contribution in [3.63, 3.8) is 0 Å². The second kappa shape index (κ2) is 7.00. The van der Waals surface area contributed by atoms with E-state index in [1.165, 1.54) is 0 Å². The molecule has 8 heteroatoms. The summed E-state index contributed by atoms with van der Waals surface area (Å²) in [6.45, 7) is 6.89. The molecular weight excluding hydrogens is 342 g/mol. The number of anilines is 1. The molecule has 25 heavy (non-hydrogen) atoms. The number of fused-ring (bicyclic) bond motifs is 1. The summed E-state index contributed by atoms with van der Waals surface area (Å²) in [7, 11) is 0. The average Bonchev–Trinajstić information content (AvgIpc) is 2.56. The van der Waals surface area contributed by atoms with Crippen LogP contribution in [0, 0.1) is 0 Å². The van der Waals surface area contributed by atoms with Crippen molar-refractivity contribution in [2.45, 2.75) is 45.7 Å². The maximum Gasteiger partial charge on any atom is 0.271 e. The van der Waals surface area contributed by atoms with Gasteiger partial charge in [-0.25, -0.2) is 4.98 Å². The molecule has 134 valence electrons. The summed E-state index contributed by atoms with van der Waals surface area (Å²) in [5.41, 5.74) is 0.326. The number of hydrogen-bond acceptors (Lipinski definition) is 5. The number of halogens is 1. The number of rotatable bonds is 3. The molecule has 0 aliphatic carbocycles. The molecule has 2 aromatic heterocycles. The average molecular weight is 364 g/mol. The number of aromatic nitrogens is 3. The number of nitrogens with one attached hydrogen (secondary N) is 1. The SMILES string of the molecule is CC(=O)N1CCC(Nc2ncc3cc(Cl)c(=O)n(C(C)C)c3n2)CC1. The summed E-state index contributed by atoms with van der Waals surface area (Å²) in [5.74, 6) is 0.600. The first kappa shape index (κ1) is 17.7. The number of nitrogens with zero attached hydrogens (tertiary/aromatic N) is 4. The maximum absolute atomic E-state index is 12.3. The fraction of sp³-hybridized carbons (Fsp3) is 0.529. The summed E-state index contributed by atoms with van der Waals surface area (Å²) in [4.78, 5) is 34.5. The van der Waals surface area contributed by atoms with Crippen molar-refractivity contribution in [1.82, 2.24) is 19.4 Å². The monoisotopic (exact) mass is 363 g/mol. The summed E-state index contributed by atoms with van der Waals surface area (Å²) in [6.07, 6.45) is 3.37. The summed E-state index contributed by atoms with van der Waals surface area (Å²) in [6, 6.07) is 1.75. The van der Waals surface area contributed by atoms with Gasteiger partial charge in [-0.2, -0.15) is 4.98 Å². The molecule has 1 fully saturated rings. The Balaban J connectivity index is 1.86. The van der Waals surface area contributed by atoms with Crippen LogP contribution in [-0.2, 0) is 4.79 Å². The smallest absolute Gasteiger partial charge is 0.271 e. The number of piperidine rings is 1. The van der Waals surface area contributed by atoms with E-state index in [0.29, 0.717) is 11.6 Å². The lowest BCUT2D eigenvalue weighted by molar-refractivity contribution is -0.129. The molecule has 0 spiro atoms. The highest BCUT2D eigenvalue weighted by Gasteiger charge is 2.21. The molecule has 0 bridgehead atoms. The minimum atomic E-state index is -0.247. The van der Waals surface area contributed by atoms with Gasteiger partial charge in [0.15, 0.2) is 0 Å². The zero-order valence-corrected chi connectivity index (χ0v) is 15.4. The van der Waals surface area contributed by atoms with Gasteiger partial charge in [0.05, 0.1) is 0 Å². The second-order valence-electron chi connectivity index (χ2n) is 6.66. The fourth-order valence-electron chi connectivity index (χ4n) is 3.16. The lowest BCUT2D eigenvalue weighted by Gasteiger charge is -2.31. The van der Waals surface area contributed by atoms with Crippen LogP contribution in [0.3, 0.4) is 0 Å².